The van der Waals surface area contributed by atoms with Crippen molar-refractivity contribution in [2.75, 3.05) is 52.9 Å². The fourth-order valence-electron chi connectivity index (χ4n) is 0.671. The molecule has 0 aromatic heterocycles. The predicted octanol–water partition coefficient (Wildman–Crippen LogP) is -0.0172. The summed E-state index contributed by atoms with van der Waals surface area (Å²) in [5.74, 6) is -1.49. The molecule has 140 valence electrons. The minimum atomic E-state index is -0.745. The molecule has 0 aliphatic heterocycles. The van der Waals surface area contributed by atoms with Crippen molar-refractivity contribution in [1.29, 1.82) is 0 Å². The lowest BCUT2D eigenvalue weighted by atomic mass is 10.5. The first-order valence-corrected chi connectivity index (χ1v) is 7.34. The van der Waals surface area contributed by atoms with Gasteiger partial charge in [0.15, 0.2) is 0 Å². The highest BCUT2D eigenvalue weighted by molar-refractivity contribution is 5.66. The lowest BCUT2D eigenvalue weighted by molar-refractivity contribution is -0.137. The number of carboxylic acids is 2. The third kappa shape index (κ3) is 44.9. The van der Waals surface area contributed by atoms with Gasteiger partial charge in [0.1, 0.15) is 0 Å². The molecule has 0 spiro atoms. The number of carbonyl (C=O) groups is 2. The van der Waals surface area contributed by atoms with Crippen LogP contribution in [0.5, 0.6) is 0 Å². The van der Waals surface area contributed by atoms with Crippen molar-refractivity contribution in [2.45, 2.75) is 26.7 Å². The summed E-state index contributed by atoms with van der Waals surface area (Å²) in [5, 5.41) is 32.2. The van der Waals surface area contributed by atoms with Crippen molar-refractivity contribution >= 4 is 11.9 Å². The fraction of sp³-hybridized carbons (Fsp3) is 0.857. The highest BCUT2D eigenvalue weighted by atomic mass is 16.5. The summed E-state index contributed by atoms with van der Waals surface area (Å²) in [5.41, 5.74) is 0. The van der Waals surface area contributed by atoms with Crippen LogP contribution in [0, 0.1) is 0 Å². The van der Waals surface area contributed by atoms with Gasteiger partial charge in [0.25, 0.3) is 0 Å². The van der Waals surface area contributed by atoms with Gasteiger partial charge >= 0.3 is 11.9 Å². The van der Waals surface area contributed by atoms with E-state index in [1.54, 1.807) is 13.8 Å². The quantitative estimate of drug-likeness (QED) is 0.360. The van der Waals surface area contributed by atoms with E-state index >= 15 is 0 Å². The monoisotopic (exact) mass is 342 g/mol. The largest absolute Gasteiger partial charge is 0.481 e. The molecule has 0 rings (SSSR count). The molecule has 0 heterocycles. The molecule has 0 aliphatic carbocycles. The highest BCUT2D eigenvalue weighted by Gasteiger charge is 1.90. The van der Waals surface area contributed by atoms with Crippen LogP contribution in [0.3, 0.4) is 0 Å². The molecule has 4 N–H and O–H groups in total. The summed E-state index contributed by atoms with van der Waals surface area (Å²) >= 11 is 0. The van der Waals surface area contributed by atoms with Gasteiger partial charge in [-0.3, -0.25) is 9.59 Å². The van der Waals surface area contributed by atoms with Crippen LogP contribution in [0.25, 0.3) is 0 Å². The molecule has 0 aromatic carbocycles. The van der Waals surface area contributed by atoms with Gasteiger partial charge in [-0.2, -0.15) is 0 Å². The molecule has 0 bridgehead atoms. The van der Waals surface area contributed by atoms with Gasteiger partial charge in [0, 0.05) is 12.8 Å². The third-order valence-electron chi connectivity index (χ3n) is 1.82. The van der Waals surface area contributed by atoms with Crippen LogP contribution in [0.15, 0.2) is 0 Å². The summed E-state index contributed by atoms with van der Waals surface area (Å²) < 4.78 is 15.0. The normalized spacial score (nSPS) is 9.22. The van der Waals surface area contributed by atoms with Crippen molar-refractivity contribution in [3.05, 3.63) is 0 Å². The van der Waals surface area contributed by atoms with E-state index in [-0.39, 0.29) is 26.1 Å². The zero-order chi connectivity index (χ0) is 18.3. The molecule has 0 unspecified atom stereocenters. The van der Waals surface area contributed by atoms with E-state index in [9.17, 15) is 9.59 Å². The van der Waals surface area contributed by atoms with Gasteiger partial charge < -0.3 is 34.6 Å². The van der Waals surface area contributed by atoms with Gasteiger partial charge in [-0.1, -0.05) is 13.8 Å². The maximum atomic E-state index is 9.37. The van der Waals surface area contributed by atoms with Crippen LogP contribution in [-0.2, 0) is 23.8 Å². The Kier molecular flexibility index (Phi) is 29.7. The minimum absolute atomic E-state index is 0.0413. The molecule has 0 radical (unpaired) electrons. The summed E-state index contributed by atoms with van der Waals surface area (Å²) in [6.45, 7) is 5.96. The molecule has 0 saturated carbocycles. The van der Waals surface area contributed by atoms with Crippen LogP contribution >= 0.6 is 0 Å². The number of rotatable bonds is 12. The van der Waals surface area contributed by atoms with Crippen LogP contribution in [-0.4, -0.2) is 85.2 Å². The van der Waals surface area contributed by atoms with Gasteiger partial charge in [-0.25, -0.2) is 0 Å². The number of ether oxygens (including phenoxy) is 3. The van der Waals surface area contributed by atoms with E-state index in [2.05, 4.69) is 0 Å². The molecule has 0 atom stereocenters. The van der Waals surface area contributed by atoms with Crippen LogP contribution in [0.2, 0.25) is 0 Å². The standard InChI is InChI=1S/C8H18O5.2C3H6O2/c9-1-3-11-5-7-13-8-6-12-4-2-10;2*1-2-3(4)5/h9-10H,1-8H2;2*2H2,1H3,(H,4,5). The SMILES string of the molecule is CCC(=O)O.CCC(=O)O.OCCOCCOCCOCCO. The van der Waals surface area contributed by atoms with Crippen molar-refractivity contribution < 1.29 is 44.2 Å². The van der Waals surface area contributed by atoms with Crippen molar-refractivity contribution in [3.8, 4) is 0 Å². The van der Waals surface area contributed by atoms with Crippen LogP contribution in [0.4, 0.5) is 0 Å². The Labute approximate surface area is 136 Å². The van der Waals surface area contributed by atoms with E-state index < -0.39 is 11.9 Å². The Morgan fingerprint density at radius 2 is 0.870 bits per heavy atom. The first-order chi connectivity index (χ1) is 11.0. The van der Waals surface area contributed by atoms with E-state index in [0.29, 0.717) is 39.6 Å². The second-order valence-corrected chi connectivity index (χ2v) is 3.78. The smallest absolute Gasteiger partial charge is 0.303 e. The Morgan fingerprint density at radius 1 is 0.652 bits per heavy atom. The molecule has 0 fully saturated rings. The van der Waals surface area contributed by atoms with Crippen molar-refractivity contribution in [3.63, 3.8) is 0 Å². The Hall–Kier alpha value is -1.26. The second-order valence-electron chi connectivity index (χ2n) is 3.78. The minimum Gasteiger partial charge on any atom is -0.481 e. The third-order valence-corrected chi connectivity index (χ3v) is 1.82. The topological polar surface area (TPSA) is 143 Å². The highest BCUT2D eigenvalue weighted by Crippen LogP contribution is 1.80. The molecule has 0 saturated heterocycles. The average Bonchev–Trinajstić information content (AvgIpc) is 2.54. The van der Waals surface area contributed by atoms with Gasteiger partial charge in [-0.05, 0) is 0 Å². The molecular weight excluding hydrogens is 312 g/mol. The Bertz CT molecular complexity index is 222. The lowest BCUT2D eigenvalue weighted by Crippen LogP contribution is -2.11. The molecule has 0 aliphatic rings. The lowest BCUT2D eigenvalue weighted by Gasteiger charge is -2.04. The van der Waals surface area contributed by atoms with Crippen LogP contribution in [0.1, 0.15) is 26.7 Å². The van der Waals surface area contributed by atoms with E-state index in [4.69, 9.17) is 34.6 Å². The average molecular weight is 342 g/mol. The molecular formula is C14H30O9. The number of aliphatic carboxylic acids is 2. The summed E-state index contributed by atoms with van der Waals surface area (Å²) in [7, 11) is 0. The van der Waals surface area contributed by atoms with Crippen molar-refractivity contribution in [2.24, 2.45) is 0 Å². The molecule has 23 heavy (non-hydrogen) atoms. The number of hydrogen-bond acceptors (Lipinski definition) is 7. The van der Waals surface area contributed by atoms with E-state index in [0.717, 1.165) is 0 Å². The molecule has 9 heteroatoms. The van der Waals surface area contributed by atoms with E-state index in [1.165, 1.54) is 0 Å². The summed E-state index contributed by atoms with van der Waals surface area (Å²) in [4.78, 5) is 18.7. The fourth-order valence-corrected chi connectivity index (χ4v) is 0.671. The zero-order valence-electron chi connectivity index (χ0n) is 13.9. The van der Waals surface area contributed by atoms with Gasteiger partial charge in [0.2, 0.25) is 0 Å². The zero-order valence-corrected chi connectivity index (χ0v) is 13.9. The molecule has 0 aromatic rings. The number of carboxylic acid groups (broad SMARTS) is 2. The first kappa shape index (κ1) is 26.6. The van der Waals surface area contributed by atoms with Crippen molar-refractivity contribution in [1.82, 2.24) is 0 Å². The van der Waals surface area contributed by atoms with E-state index in [1.807, 2.05) is 0 Å². The van der Waals surface area contributed by atoms with Crippen LogP contribution < -0.4 is 0 Å². The second kappa shape index (κ2) is 25.7. The summed E-state index contributed by atoms with van der Waals surface area (Å²) in [6.07, 6.45) is 0.444. The Balaban J connectivity index is -0.000000329. The van der Waals surface area contributed by atoms with Gasteiger partial charge in [0.05, 0.1) is 52.9 Å². The number of hydrogen-bond donors (Lipinski definition) is 4. The Morgan fingerprint density at radius 3 is 1.04 bits per heavy atom. The maximum absolute atomic E-state index is 9.37. The molecule has 9 nitrogen and oxygen atoms in total. The van der Waals surface area contributed by atoms with Gasteiger partial charge in [-0.15, -0.1) is 0 Å². The predicted molar refractivity (Wildman–Crippen MR) is 82.5 cm³/mol. The first-order valence-electron chi connectivity index (χ1n) is 7.34. The maximum Gasteiger partial charge on any atom is 0.303 e. The number of aliphatic hydroxyl groups is 2. The number of aliphatic hydroxyl groups excluding tert-OH is 2. The molecule has 0 amide bonds. The summed E-state index contributed by atoms with van der Waals surface area (Å²) in [6, 6.07) is 0.